The first-order valence-corrected chi connectivity index (χ1v) is 6.12. The minimum Gasteiger partial charge on any atom is -0.363 e. The zero-order valence-corrected chi connectivity index (χ0v) is 10.8. The van der Waals surface area contributed by atoms with Crippen molar-refractivity contribution in [2.75, 3.05) is 13.6 Å². The molecule has 1 heterocycles. The van der Waals surface area contributed by atoms with Crippen LogP contribution in [0.5, 0.6) is 0 Å². The molecule has 0 bridgehead atoms. The quantitative estimate of drug-likeness (QED) is 0.619. The summed E-state index contributed by atoms with van der Waals surface area (Å²) in [5.41, 5.74) is -0.0514. The molecule has 3 heteroatoms. The number of hydrogen-bond acceptors (Lipinski definition) is 2. The van der Waals surface area contributed by atoms with Gasteiger partial charge in [-0.15, -0.1) is 11.3 Å². The second-order valence-electron chi connectivity index (χ2n) is 4.85. The number of nitrogens with zero attached hydrogens (tertiary/aromatic N) is 1. The van der Waals surface area contributed by atoms with E-state index in [-0.39, 0.29) is 5.41 Å². The van der Waals surface area contributed by atoms with Crippen molar-refractivity contribution >= 4 is 17.2 Å². The summed E-state index contributed by atoms with van der Waals surface area (Å²) >= 11 is 1.79. The number of thiophene rings is 1. The molecule has 2 nitrogen and oxygen atoms in total. The Kier molecular flexibility index (Phi) is 3.91. The molecule has 1 N–H and O–H groups in total. The van der Waals surface area contributed by atoms with Gasteiger partial charge in [0.2, 0.25) is 0 Å². The molecule has 1 aromatic rings. The smallest absolute Gasteiger partial charge is 0.101 e. The van der Waals surface area contributed by atoms with Gasteiger partial charge in [0.15, 0.2) is 0 Å². The van der Waals surface area contributed by atoms with Crippen LogP contribution in [0.15, 0.2) is 17.5 Å². The molecule has 0 saturated carbocycles. The van der Waals surface area contributed by atoms with Crippen molar-refractivity contribution in [3.63, 3.8) is 0 Å². The Morgan fingerprint density at radius 1 is 1.47 bits per heavy atom. The number of hydrogen-bond donors (Lipinski definition) is 1. The van der Waals surface area contributed by atoms with Crippen LogP contribution in [0.1, 0.15) is 25.6 Å². The van der Waals surface area contributed by atoms with Gasteiger partial charge in [-0.25, -0.2) is 0 Å². The molecule has 0 spiro atoms. The average molecular weight is 224 g/mol. The second kappa shape index (κ2) is 4.79. The van der Waals surface area contributed by atoms with E-state index in [0.29, 0.717) is 5.84 Å². The Morgan fingerprint density at radius 3 is 2.60 bits per heavy atom. The highest BCUT2D eigenvalue weighted by Gasteiger charge is 2.20. The lowest BCUT2D eigenvalue weighted by atomic mass is 9.94. The molecule has 15 heavy (non-hydrogen) atoms. The Morgan fingerprint density at radius 2 is 2.13 bits per heavy atom. The zero-order valence-electron chi connectivity index (χ0n) is 10.0. The van der Waals surface area contributed by atoms with Crippen LogP contribution in [0.25, 0.3) is 0 Å². The van der Waals surface area contributed by atoms with Crippen molar-refractivity contribution in [3.8, 4) is 0 Å². The molecule has 0 amide bonds. The zero-order chi connectivity index (χ0) is 11.5. The molecule has 1 rings (SSSR count). The van der Waals surface area contributed by atoms with Crippen molar-refractivity contribution in [3.05, 3.63) is 22.4 Å². The fourth-order valence-corrected chi connectivity index (χ4v) is 2.12. The lowest BCUT2D eigenvalue weighted by Gasteiger charge is -2.29. The molecular weight excluding hydrogens is 204 g/mol. The molecular formula is C12H20N2S. The van der Waals surface area contributed by atoms with Crippen molar-refractivity contribution in [2.45, 2.75) is 27.2 Å². The third-order valence-electron chi connectivity index (χ3n) is 2.37. The van der Waals surface area contributed by atoms with E-state index in [2.05, 4.69) is 38.3 Å². The minimum atomic E-state index is -0.0514. The fourth-order valence-electron chi connectivity index (χ4n) is 1.42. The van der Waals surface area contributed by atoms with Gasteiger partial charge in [0.05, 0.1) is 0 Å². The molecule has 0 saturated heterocycles. The van der Waals surface area contributed by atoms with Gasteiger partial charge in [-0.3, -0.25) is 5.41 Å². The summed E-state index contributed by atoms with van der Waals surface area (Å²) in [6.07, 6.45) is 1.03. The third kappa shape index (κ3) is 3.67. The highest BCUT2D eigenvalue weighted by atomic mass is 32.1. The van der Waals surface area contributed by atoms with Crippen molar-refractivity contribution in [1.29, 1.82) is 5.41 Å². The number of likely N-dealkylation sites (N-methyl/N-ethyl adjacent to an activating group) is 1. The number of amidine groups is 1. The van der Waals surface area contributed by atoms with E-state index in [9.17, 15) is 0 Å². The SMILES string of the molecule is CN(CCc1cccs1)C(=N)C(C)(C)C. The molecule has 0 aliphatic heterocycles. The first kappa shape index (κ1) is 12.2. The second-order valence-corrected chi connectivity index (χ2v) is 5.88. The minimum absolute atomic E-state index is 0.0514. The molecule has 0 atom stereocenters. The van der Waals surface area contributed by atoms with Gasteiger partial charge < -0.3 is 4.90 Å². The molecule has 1 aromatic heterocycles. The highest BCUT2D eigenvalue weighted by molar-refractivity contribution is 7.09. The van der Waals surface area contributed by atoms with Gasteiger partial charge in [0.1, 0.15) is 5.84 Å². The summed E-state index contributed by atoms with van der Waals surface area (Å²) in [7, 11) is 2.00. The van der Waals surface area contributed by atoms with Gasteiger partial charge >= 0.3 is 0 Å². The van der Waals surface area contributed by atoms with Crippen molar-refractivity contribution in [2.24, 2.45) is 5.41 Å². The predicted molar refractivity (Wildman–Crippen MR) is 67.8 cm³/mol. The predicted octanol–water partition coefficient (Wildman–Crippen LogP) is 3.25. The lowest BCUT2D eigenvalue weighted by Crippen LogP contribution is -2.37. The van der Waals surface area contributed by atoms with Gasteiger partial charge in [-0.2, -0.15) is 0 Å². The summed E-state index contributed by atoms with van der Waals surface area (Å²) in [5.74, 6) is 0.707. The van der Waals surface area contributed by atoms with Crippen LogP contribution >= 0.6 is 11.3 Å². The van der Waals surface area contributed by atoms with Crippen LogP contribution in [0.2, 0.25) is 0 Å². The van der Waals surface area contributed by atoms with Crippen LogP contribution in [-0.2, 0) is 6.42 Å². The van der Waals surface area contributed by atoms with E-state index in [1.54, 1.807) is 11.3 Å². The van der Waals surface area contributed by atoms with E-state index in [1.165, 1.54) is 4.88 Å². The van der Waals surface area contributed by atoms with E-state index in [1.807, 2.05) is 11.9 Å². The highest BCUT2D eigenvalue weighted by Crippen LogP contribution is 2.17. The average Bonchev–Trinajstić information content (AvgIpc) is 2.63. The first-order valence-electron chi connectivity index (χ1n) is 5.24. The summed E-state index contributed by atoms with van der Waals surface area (Å²) in [6, 6.07) is 4.23. The molecule has 0 fully saturated rings. The van der Waals surface area contributed by atoms with E-state index < -0.39 is 0 Å². The first-order chi connectivity index (χ1) is 6.91. The van der Waals surface area contributed by atoms with Crippen LogP contribution in [-0.4, -0.2) is 24.3 Å². The Bertz CT molecular complexity index is 309. The molecule has 0 radical (unpaired) electrons. The van der Waals surface area contributed by atoms with Crippen LogP contribution in [0, 0.1) is 10.8 Å². The van der Waals surface area contributed by atoms with E-state index in [4.69, 9.17) is 5.41 Å². The molecule has 0 unspecified atom stereocenters. The normalized spacial score (nSPS) is 11.5. The topological polar surface area (TPSA) is 27.1 Å². The number of rotatable bonds is 3. The summed E-state index contributed by atoms with van der Waals surface area (Å²) < 4.78 is 0. The maximum Gasteiger partial charge on any atom is 0.101 e. The molecule has 84 valence electrons. The summed E-state index contributed by atoms with van der Waals surface area (Å²) in [4.78, 5) is 3.43. The molecule has 0 aliphatic rings. The summed E-state index contributed by atoms with van der Waals surface area (Å²) in [5, 5.41) is 10.1. The van der Waals surface area contributed by atoms with Gasteiger partial charge in [-0.05, 0) is 17.9 Å². The monoisotopic (exact) mass is 224 g/mol. The molecule has 0 aliphatic carbocycles. The van der Waals surface area contributed by atoms with Gasteiger partial charge in [0.25, 0.3) is 0 Å². The van der Waals surface area contributed by atoms with Crippen molar-refractivity contribution in [1.82, 2.24) is 4.90 Å². The van der Waals surface area contributed by atoms with Crippen molar-refractivity contribution < 1.29 is 0 Å². The Hall–Kier alpha value is -0.830. The summed E-state index contributed by atoms with van der Waals surface area (Å²) in [6.45, 7) is 7.17. The van der Waals surface area contributed by atoms with E-state index >= 15 is 0 Å². The largest absolute Gasteiger partial charge is 0.363 e. The Balaban J connectivity index is 2.43. The molecule has 0 aromatic carbocycles. The van der Waals surface area contributed by atoms with Gasteiger partial charge in [-0.1, -0.05) is 26.8 Å². The standard InChI is InChI=1S/C12H20N2S/c1-12(2,3)11(13)14(4)8-7-10-6-5-9-15-10/h5-6,9,13H,7-8H2,1-4H3. The third-order valence-corrected chi connectivity index (χ3v) is 3.30. The van der Waals surface area contributed by atoms with E-state index in [0.717, 1.165) is 13.0 Å². The lowest BCUT2D eigenvalue weighted by molar-refractivity contribution is 0.426. The van der Waals surface area contributed by atoms with Gasteiger partial charge in [0, 0.05) is 23.9 Å². The van der Waals surface area contributed by atoms with Crippen LogP contribution in [0.4, 0.5) is 0 Å². The van der Waals surface area contributed by atoms with Crippen LogP contribution in [0.3, 0.4) is 0 Å². The van der Waals surface area contributed by atoms with Crippen LogP contribution < -0.4 is 0 Å². The maximum absolute atomic E-state index is 8.00. The Labute approximate surface area is 96.4 Å². The number of nitrogens with one attached hydrogen (secondary N) is 1. The fraction of sp³-hybridized carbons (Fsp3) is 0.583. The maximum atomic E-state index is 8.00.